The number of hydrogen-bond donors (Lipinski definition) is 1. The molecule has 0 aromatic carbocycles. The van der Waals surface area contributed by atoms with Crippen molar-refractivity contribution in [3.63, 3.8) is 0 Å². The molecule has 1 nitrogen and oxygen atoms in total. The smallest absolute Gasteiger partial charge is 0.0576 e. The molecule has 1 rings (SSSR count). The number of rotatable bonds is 5. The fourth-order valence-electron chi connectivity index (χ4n) is 2.39. The zero-order chi connectivity index (χ0) is 10.4. The van der Waals surface area contributed by atoms with E-state index in [1.165, 1.54) is 32.1 Å². The molecule has 80 valence electrons. The molecule has 2 atom stereocenters. The first-order valence-corrected chi connectivity index (χ1v) is 5.91. The van der Waals surface area contributed by atoms with Crippen LogP contribution in [-0.4, -0.2) is 12.6 Å². The van der Waals surface area contributed by atoms with Crippen molar-refractivity contribution in [1.29, 1.82) is 0 Å². The number of hydrogen-bond acceptors (Lipinski definition) is 1. The van der Waals surface area contributed by atoms with Crippen molar-refractivity contribution >= 4 is 0 Å². The van der Waals surface area contributed by atoms with Gasteiger partial charge in [0.15, 0.2) is 0 Å². The Kier molecular flexibility index (Phi) is 5.04. The molecule has 0 bridgehead atoms. The molecule has 0 heterocycles. The second-order valence-electron chi connectivity index (χ2n) is 4.85. The van der Waals surface area contributed by atoms with Crippen LogP contribution in [0.2, 0.25) is 0 Å². The van der Waals surface area contributed by atoms with Crippen LogP contribution in [0, 0.1) is 24.2 Å². The van der Waals surface area contributed by atoms with Crippen LogP contribution in [0.3, 0.4) is 0 Å². The van der Waals surface area contributed by atoms with Gasteiger partial charge in [0, 0.05) is 6.04 Å². The van der Waals surface area contributed by atoms with Crippen molar-refractivity contribution in [2.45, 2.75) is 52.0 Å². The number of terminal acetylenes is 1. The normalized spacial score (nSPS) is 26.7. The molecule has 0 amide bonds. The van der Waals surface area contributed by atoms with Gasteiger partial charge in [-0.05, 0) is 31.1 Å². The molecule has 0 aliphatic heterocycles. The molecule has 14 heavy (non-hydrogen) atoms. The Bertz CT molecular complexity index is 190. The van der Waals surface area contributed by atoms with E-state index in [-0.39, 0.29) is 0 Å². The molecule has 2 unspecified atom stereocenters. The van der Waals surface area contributed by atoms with Gasteiger partial charge < -0.3 is 5.32 Å². The van der Waals surface area contributed by atoms with Gasteiger partial charge in [-0.15, -0.1) is 6.42 Å². The first-order chi connectivity index (χ1) is 6.74. The van der Waals surface area contributed by atoms with Crippen molar-refractivity contribution in [3.8, 4) is 12.3 Å². The van der Waals surface area contributed by atoms with Gasteiger partial charge in [-0.25, -0.2) is 0 Å². The third kappa shape index (κ3) is 3.72. The molecular weight excluding hydrogens is 170 g/mol. The minimum Gasteiger partial charge on any atom is -0.303 e. The zero-order valence-corrected chi connectivity index (χ0v) is 9.55. The summed E-state index contributed by atoms with van der Waals surface area (Å²) in [7, 11) is 0. The highest BCUT2D eigenvalue weighted by atomic mass is 14.9. The summed E-state index contributed by atoms with van der Waals surface area (Å²) in [4.78, 5) is 0. The second kappa shape index (κ2) is 6.09. The third-order valence-electron chi connectivity index (χ3n) is 3.24. The Morgan fingerprint density at radius 3 is 2.86 bits per heavy atom. The standard InChI is InChI=1S/C13H23N/c1-4-10-14-13-7-5-6-12(13)9-8-11(2)3/h1,11-14H,5-10H2,2-3H3. The van der Waals surface area contributed by atoms with Crippen LogP contribution in [0.4, 0.5) is 0 Å². The van der Waals surface area contributed by atoms with Gasteiger partial charge in [0.25, 0.3) is 0 Å². The maximum absolute atomic E-state index is 5.26. The predicted molar refractivity (Wildman–Crippen MR) is 62.0 cm³/mol. The molecule has 1 aliphatic rings. The Hall–Kier alpha value is -0.480. The van der Waals surface area contributed by atoms with Gasteiger partial charge in [-0.3, -0.25) is 0 Å². The van der Waals surface area contributed by atoms with Crippen LogP contribution in [0.25, 0.3) is 0 Å². The maximum atomic E-state index is 5.26. The molecule has 1 aliphatic carbocycles. The van der Waals surface area contributed by atoms with E-state index in [0.717, 1.165) is 18.4 Å². The molecule has 0 aromatic rings. The Morgan fingerprint density at radius 1 is 1.43 bits per heavy atom. The van der Waals surface area contributed by atoms with Gasteiger partial charge in [-0.1, -0.05) is 32.6 Å². The molecule has 0 radical (unpaired) electrons. The summed E-state index contributed by atoms with van der Waals surface area (Å²) >= 11 is 0. The van der Waals surface area contributed by atoms with E-state index in [9.17, 15) is 0 Å². The van der Waals surface area contributed by atoms with Crippen LogP contribution < -0.4 is 5.32 Å². The van der Waals surface area contributed by atoms with E-state index in [0.29, 0.717) is 6.04 Å². The molecular formula is C13H23N. The first-order valence-electron chi connectivity index (χ1n) is 5.91. The van der Waals surface area contributed by atoms with Gasteiger partial charge in [0.1, 0.15) is 0 Å². The Labute approximate surface area is 88.7 Å². The van der Waals surface area contributed by atoms with Gasteiger partial charge in [0.05, 0.1) is 6.54 Å². The summed E-state index contributed by atoms with van der Waals surface area (Å²) in [6, 6.07) is 0.699. The monoisotopic (exact) mass is 193 g/mol. The first kappa shape index (κ1) is 11.6. The molecule has 1 heteroatoms. The highest BCUT2D eigenvalue weighted by molar-refractivity contribution is 4.91. The van der Waals surface area contributed by atoms with Crippen LogP contribution in [0.5, 0.6) is 0 Å². The highest BCUT2D eigenvalue weighted by Gasteiger charge is 2.25. The zero-order valence-electron chi connectivity index (χ0n) is 9.55. The molecule has 1 saturated carbocycles. The van der Waals surface area contributed by atoms with E-state index < -0.39 is 0 Å². The summed E-state index contributed by atoms with van der Waals surface area (Å²) in [6.07, 6.45) is 12.1. The highest BCUT2D eigenvalue weighted by Crippen LogP contribution is 2.30. The molecule has 1 fully saturated rings. The summed E-state index contributed by atoms with van der Waals surface area (Å²) in [5, 5.41) is 3.47. The molecule has 0 spiro atoms. The summed E-state index contributed by atoms with van der Waals surface area (Å²) < 4.78 is 0. The predicted octanol–water partition coefficient (Wildman–Crippen LogP) is 2.81. The van der Waals surface area contributed by atoms with E-state index >= 15 is 0 Å². The van der Waals surface area contributed by atoms with Crippen molar-refractivity contribution in [1.82, 2.24) is 5.32 Å². The average Bonchev–Trinajstić information content (AvgIpc) is 2.58. The largest absolute Gasteiger partial charge is 0.303 e. The van der Waals surface area contributed by atoms with Crippen molar-refractivity contribution in [2.75, 3.05) is 6.54 Å². The quantitative estimate of drug-likeness (QED) is 0.662. The van der Waals surface area contributed by atoms with Gasteiger partial charge >= 0.3 is 0 Å². The summed E-state index contributed by atoms with van der Waals surface area (Å²) in [5.74, 6) is 4.39. The maximum Gasteiger partial charge on any atom is 0.0576 e. The topological polar surface area (TPSA) is 12.0 Å². The van der Waals surface area contributed by atoms with E-state index in [1.54, 1.807) is 0 Å². The fourth-order valence-corrected chi connectivity index (χ4v) is 2.39. The Morgan fingerprint density at radius 2 is 2.21 bits per heavy atom. The molecule has 0 aromatic heterocycles. The van der Waals surface area contributed by atoms with E-state index in [1.807, 2.05) is 0 Å². The van der Waals surface area contributed by atoms with E-state index in [4.69, 9.17) is 6.42 Å². The summed E-state index contributed by atoms with van der Waals surface area (Å²) in [6.45, 7) is 5.35. The van der Waals surface area contributed by atoms with Crippen molar-refractivity contribution in [2.24, 2.45) is 11.8 Å². The van der Waals surface area contributed by atoms with Crippen molar-refractivity contribution in [3.05, 3.63) is 0 Å². The lowest BCUT2D eigenvalue weighted by molar-refractivity contribution is 0.361. The van der Waals surface area contributed by atoms with Crippen molar-refractivity contribution < 1.29 is 0 Å². The second-order valence-corrected chi connectivity index (χ2v) is 4.85. The Balaban J connectivity index is 2.25. The lowest BCUT2D eigenvalue weighted by atomic mass is 9.94. The fraction of sp³-hybridized carbons (Fsp3) is 0.846. The van der Waals surface area contributed by atoms with Gasteiger partial charge in [0.2, 0.25) is 0 Å². The molecule has 0 saturated heterocycles. The van der Waals surface area contributed by atoms with Gasteiger partial charge in [-0.2, -0.15) is 0 Å². The minimum absolute atomic E-state index is 0.699. The third-order valence-corrected chi connectivity index (χ3v) is 3.24. The lowest BCUT2D eigenvalue weighted by Gasteiger charge is -2.20. The van der Waals surface area contributed by atoms with Crippen LogP contribution in [0.15, 0.2) is 0 Å². The SMILES string of the molecule is C#CCNC1CCCC1CCC(C)C. The number of nitrogens with one attached hydrogen (secondary N) is 1. The van der Waals surface area contributed by atoms with Crippen LogP contribution in [0.1, 0.15) is 46.0 Å². The van der Waals surface area contributed by atoms with Crippen LogP contribution in [-0.2, 0) is 0 Å². The minimum atomic E-state index is 0.699. The van der Waals surface area contributed by atoms with E-state index in [2.05, 4.69) is 25.1 Å². The molecule has 1 N–H and O–H groups in total. The lowest BCUT2D eigenvalue weighted by Crippen LogP contribution is -2.32. The average molecular weight is 193 g/mol. The van der Waals surface area contributed by atoms with Crippen LogP contribution >= 0.6 is 0 Å². The summed E-state index contributed by atoms with van der Waals surface area (Å²) in [5.41, 5.74) is 0.